The molecular formula is C23H22FN3O2S. The number of imidazole rings is 1. The fraction of sp³-hybridized carbons (Fsp3) is 0.261. The van der Waals surface area contributed by atoms with Crippen molar-refractivity contribution in [3.8, 4) is 10.6 Å². The SMILES string of the molecule is CCn1cnc2cc(COC(=O)Cc3sc(-c4ccc(F)cc4C)nc3C)ccc21. The zero-order valence-electron chi connectivity index (χ0n) is 17.1. The fourth-order valence-electron chi connectivity index (χ4n) is 3.37. The number of halogens is 1. The number of esters is 1. The van der Waals surface area contributed by atoms with E-state index in [0.717, 1.165) is 49.8 Å². The first-order valence-electron chi connectivity index (χ1n) is 9.77. The molecular weight excluding hydrogens is 401 g/mol. The van der Waals surface area contributed by atoms with Gasteiger partial charge in [-0.15, -0.1) is 11.3 Å². The highest BCUT2D eigenvalue weighted by molar-refractivity contribution is 7.15. The van der Waals surface area contributed by atoms with Crippen LogP contribution in [0.25, 0.3) is 21.6 Å². The Morgan fingerprint density at radius 3 is 2.80 bits per heavy atom. The van der Waals surface area contributed by atoms with E-state index in [9.17, 15) is 9.18 Å². The van der Waals surface area contributed by atoms with Crippen molar-refractivity contribution in [3.63, 3.8) is 0 Å². The van der Waals surface area contributed by atoms with Crippen molar-refractivity contribution in [1.82, 2.24) is 14.5 Å². The summed E-state index contributed by atoms with van der Waals surface area (Å²) in [4.78, 5) is 22.2. The van der Waals surface area contributed by atoms with Crippen molar-refractivity contribution in [2.24, 2.45) is 0 Å². The van der Waals surface area contributed by atoms with Crippen molar-refractivity contribution < 1.29 is 13.9 Å². The molecule has 0 aliphatic rings. The molecule has 0 amide bonds. The number of carbonyl (C=O) groups excluding carboxylic acids is 1. The molecule has 7 heteroatoms. The predicted molar refractivity (Wildman–Crippen MR) is 116 cm³/mol. The molecule has 0 unspecified atom stereocenters. The number of aromatic nitrogens is 3. The number of thiazole rings is 1. The molecule has 4 aromatic rings. The summed E-state index contributed by atoms with van der Waals surface area (Å²) in [5.41, 5.74) is 5.35. The maximum atomic E-state index is 13.4. The summed E-state index contributed by atoms with van der Waals surface area (Å²) >= 11 is 1.44. The molecule has 0 aliphatic carbocycles. The number of hydrogen-bond donors (Lipinski definition) is 0. The monoisotopic (exact) mass is 423 g/mol. The van der Waals surface area contributed by atoms with Crippen LogP contribution in [0.3, 0.4) is 0 Å². The highest BCUT2D eigenvalue weighted by atomic mass is 32.1. The zero-order chi connectivity index (χ0) is 21.3. The largest absolute Gasteiger partial charge is 0.461 e. The minimum absolute atomic E-state index is 0.163. The Morgan fingerprint density at radius 1 is 1.20 bits per heavy atom. The van der Waals surface area contributed by atoms with E-state index in [0.29, 0.717) is 0 Å². The number of carbonyl (C=O) groups is 1. The van der Waals surface area contributed by atoms with Crippen molar-refractivity contribution >= 4 is 28.3 Å². The number of nitrogens with zero attached hydrogens (tertiary/aromatic N) is 3. The maximum Gasteiger partial charge on any atom is 0.311 e. The molecule has 0 radical (unpaired) electrons. The number of rotatable bonds is 6. The summed E-state index contributed by atoms with van der Waals surface area (Å²) in [6.07, 6.45) is 1.98. The molecule has 5 nitrogen and oxygen atoms in total. The standard InChI is InChI=1S/C23H22FN3O2S/c1-4-27-13-25-19-10-16(5-8-20(19)27)12-29-22(28)11-21-15(3)26-23(30-21)18-7-6-17(24)9-14(18)2/h5-10,13H,4,11-12H2,1-3H3. The summed E-state index contributed by atoms with van der Waals surface area (Å²) in [7, 11) is 0. The number of aryl methyl sites for hydroxylation is 3. The van der Waals surface area contributed by atoms with E-state index in [-0.39, 0.29) is 24.8 Å². The average molecular weight is 424 g/mol. The Bertz CT molecular complexity index is 1230. The summed E-state index contributed by atoms with van der Waals surface area (Å²) in [6.45, 7) is 6.86. The van der Waals surface area contributed by atoms with Crippen LogP contribution in [0.5, 0.6) is 0 Å². The van der Waals surface area contributed by atoms with Crippen molar-refractivity contribution in [3.05, 3.63) is 70.2 Å². The van der Waals surface area contributed by atoms with Gasteiger partial charge in [-0.2, -0.15) is 0 Å². The summed E-state index contributed by atoms with van der Waals surface area (Å²) in [6, 6.07) is 10.5. The zero-order valence-corrected chi connectivity index (χ0v) is 17.9. The van der Waals surface area contributed by atoms with Gasteiger partial charge in [-0.25, -0.2) is 14.4 Å². The van der Waals surface area contributed by atoms with Crippen LogP contribution in [0.2, 0.25) is 0 Å². The predicted octanol–water partition coefficient (Wildman–Crippen LogP) is 5.22. The van der Waals surface area contributed by atoms with Crippen LogP contribution in [-0.4, -0.2) is 20.5 Å². The van der Waals surface area contributed by atoms with Gasteiger partial charge in [-0.1, -0.05) is 6.07 Å². The number of hydrogen-bond acceptors (Lipinski definition) is 5. The third-order valence-electron chi connectivity index (χ3n) is 5.04. The molecule has 2 aromatic heterocycles. The van der Waals surface area contributed by atoms with Crippen molar-refractivity contribution in [1.29, 1.82) is 0 Å². The Balaban J connectivity index is 1.42. The van der Waals surface area contributed by atoms with Crippen LogP contribution in [0.4, 0.5) is 4.39 Å². The van der Waals surface area contributed by atoms with Gasteiger partial charge in [0, 0.05) is 17.0 Å². The van der Waals surface area contributed by atoms with Gasteiger partial charge in [0.25, 0.3) is 0 Å². The number of fused-ring (bicyclic) bond motifs is 1. The van der Waals surface area contributed by atoms with Crippen LogP contribution in [0.15, 0.2) is 42.7 Å². The second-order valence-electron chi connectivity index (χ2n) is 7.18. The molecule has 0 saturated carbocycles. The molecule has 154 valence electrons. The molecule has 0 bridgehead atoms. The summed E-state index contributed by atoms with van der Waals surface area (Å²) < 4.78 is 20.9. The summed E-state index contributed by atoms with van der Waals surface area (Å²) in [5.74, 6) is -0.573. The first-order chi connectivity index (χ1) is 14.4. The lowest BCUT2D eigenvalue weighted by Gasteiger charge is -2.05. The van der Waals surface area contributed by atoms with Crippen LogP contribution in [0.1, 0.15) is 28.6 Å². The topological polar surface area (TPSA) is 57.0 Å². The van der Waals surface area contributed by atoms with E-state index in [4.69, 9.17) is 4.74 Å². The molecule has 0 spiro atoms. The number of ether oxygens (including phenoxy) is 1. The van der Waals surface area contributed by atoms with Gasteiger partial charge in [0.1, 0.15) is 17.4 Å². The second-order valence-corrected chi connectivity index (χ2v) is 8.26. The van der Waals surface area contributed by atoms with Gasteiger partial charge >= 0.3 is 5.97 Å². The minimum Gasteiger partial charge on any atom is -0.461 e. The first kappa shape index (κ1) is 20.2. The van der Waals surface area contributed by atoms with E-state index in [1.807, 2.05) is 38.4 Å². The van der Waals surface area contributed by atoms with Crippen molar-refractivity contribution in [2.75, 3.05) is 0 Å². The van der Waals surface area contributed by atoms with Gasteiger partial charge in [0.05, 0.1) is 29.5 Å². The van der Waals surface area contributed by atoms with E-state index in [2.05, 4.69) is 21.5 Å². The van der Waals surface area contributed by atoms with Gasteiger partial charge in [-0.05, 0) is 62.2 Å². The average Bonchev–Trinajstić information content (AvgIpc) is 3.29. The van der Waals surface area contributed by atoms with E-state index in [1.54, 1.807) is 6.07 Å². The van der Waals surface area contributed by atoms with Gasteiger partial charge < -0.3 is 9.30 Å². The molecule has 0 N–H and O–H groups in total. The maximum absolute atomic E-state index is 13.4. The quantitative estimate of drug-likeness (QED) is 0.399. The van der Waals surface area contributed by atoms with Crippen LogP contribution in [0, 0.1) is 19.7 Å². The highest BCUT2D eigenvalue weighted by Crippen LogP contribution is 2.31. The van der Waals surface area contributed by atoms with Crippen LogP contribution < -0.4 is 0 Å². The third kappa shape index (κ3) is 4.11. The lowest BCUT2D eigenvalue weighted by atomic mass is 10.1. The fourth-order valence-corrected chi connectivity index (χ4v) is 4.51. The van der Waals surface area contributed by atoms with E-state index in [1.165, 1.54) is 23.5 Å². The minimum atomic E-state index is -0.302. The molecule has 2 heterocycles. The molecule has 0 aliphatic heterocycles. The van der Waals surface area contributed by atoms with Gasteiger partial charge in [0.2, 0.25) is 0 Å². The van der Waals surface area contributed by atoms with Crippen molar-refractivity contribution in [2.45, 2.75) is 40.3 Å². The Morgan fingerprint density at radius 2 is 2.03 bits per heavy atom. The molecule has 2 aromatic carbocycles. The third-order valence-corrected chi connectivity index (χ3v) is 6.23. The summed E-state index contributed by atoms with van der Waals surface area (Å²) in [5, 5.41) is 0.782. The van der Waals surface area contributed by atoms with Crippen LogP contribution in [-0.2, 0) is 29.1 Å². The van der Waals surface area contributed by atoms with Gasteiger partial charge in [0.15, 0.2) is 0 Å². The smallest absolute Gasteiger partial charge is 0.311 e. The number of benzene rings is 2. The highest BCUT2D eigenvalue weighted by Gasteiger charge is 2.15. The molecule has 4 rings (SSSR count). The normalized spacial score (nSPS) is 11.2. The van der Waals surface area contributed by atoms with E-state index < -0.39 is 0 Å². The molecule has 0 saturated heterocycles. The Hall–Kier alpha value is -3.06. The Labute approximate surface area is 178 Å². The van der Waals surface area contributed by atoms with Gasteiger partial charge in [-0.3, -0.25) is 4.79 Å². The molecule has 30 heavy (non-hydrogen) atoms. The van der Waals surface area contributed by atoms with Crippen LogP contribution >= 0.6 is 11.3 Å². The molecule has 0 atom stereocenters. The lowest BCUT2D eigenvalue weighted by Crippen LogP contribution is -2.07. The Kier molecular flexibility index (Phi) is 5.63. The van der Waals surface area contributed by atoms with E-state index >= 15 is 0 Å². The molecule has 0 fully saturated rings. The lowest BCUT2D eigenvalue weighted by molar-refractivity contribution is -0.144. The first-order valence-corrected chi connectivity index (χ1v) is 10.6. The second kappa shape index (κ2) is 8.36.